The van der Waals surface area contributed by atoms with Gasteiger partial charge in [-0.2, -0.15) is 5.10 Å². The lowest BCUT2D eigenvalue weighted by Crippen LogP contribution is -2.33. The first-order valence-corrected chi connectivity index (χ1v) is 11.9. The third kappa shape index (κ3) is 5.25. The van der Waals surface area contributed by atoms with Crippen molar-refractivity contribution < 1.29 is 14.3 Å². The highest BCUT2D eigenvalue weighted by atomic mass is 16.5. The van der Waals surface area contributed by atoms with Crippen LogP contribution < -0.4 is 20.1 Å². The summed E-state index contributed by atoms with van der Waals surface area (Å²) in [5.41, 5.74) is 5.68. The summed E-state index contributed by atoms with van der Waals surface area (Å²) >= 11 is 0. The molecule has 2 N–H and O–H groups in total. The molecule has 0 spiro atoms. The topological polar surface area (TPSA) is 77.4 Å². The van der Waals surface area contributed by atoms with Crippen molar-refractivity contribution in [2.75, 3.05) is 25.1 Å². The summed E-state index contributed by atoms with van der Waals surface area (Å²) in [6, 6.07) is 14.2. The number of fused-ring (bicyclic) bond motifs is 1. The second kappa shape index (κ2) is 10.3. The fraction of sp³-hybridized carbons (Fsp3) is 0.407. The van der Waals surface area contributed by atoms with E-state index in [-0.39, 0.29) is 24.4 Å². The molecular weight excluding hydrogens is 428 g/mol. The Balaban J connectivity index is 1.44. The molecule has 0 aliphatic carbocycles. The molecule has 1 aliphatic rings. The predicted octanol–water partition coefficient (Wildman–Crippen LogP) is 4.88. The normalized spacial score (nSPS) is 14.1. The highest BCUT2D eigenvalue weighted by molar-refractivity contribution is 5.93. The van der Waals surface area contributed by atoms with Crippen LogP contribution in [0.25, 0.3) is 5.69 Å². The van der Waals surface area contributed by atoms with Gasteiger partial charge in [-0.05, 0) is 56.5 Å². The van der Waals surface area contributed by atoms with Crippen LogP contribution in [0.2, 0.25) is 0 Å². The molecule has 1 aliphatic heterocycles. The average Bonchev–Trinajstić information content (AvgIpc) is 2.97. The molecule has 2 heterocycles. The van der Waals surface area contributed by atoms with Crippen LogP contribution in [0.5, 0.6) is 11.5 Å². The van der Waals surface area contributed by atoms with E-state index in [0.717, 1.165) is 46.2 Å². The second-order valence-corrected chi connectivity index (χ2v) is 9.20. The van der Waals surface area contributed by atoms with Gasteiger partial charge >= 0.3 is 0 Å². The number of hydrogen-bond donors (Lipinski definition) is 2. The summed E-state index contributed by atoms with van der Waals surface area (Å²) in [6.07, 6.45) is 0.870. The Morgan fingerprint density at radius 2 is 1.74 bits per heavy atom. The van der Waals surface area contributed by atoms with E-state index in [2.05, 4.69) is 48.6 Å². The number of rotatable bonds is 7. The third-order valence-corrected chi connectivity index (χ3v) is 6.11. The lowest BCUT2D eigenvalue weighted by atomic mass is 9.95. The van der Waals surface area contributed by atoms with Crippen molar-refractivity contribution in [3.63, 3.8) is 0 Å². The van der Waals surface area contributed by atoms with Gasteiger partial charge in [0.05, 0.1) is 42.5 Å². The predicted molar refractivity (Wildman–Crippen MR) is 134 cm³/mol. The Morgan fingerprint density at radius 1 is 1.03 bits per heavy atom. The SMILES string of the molecule is Cc1ccc(-n2nc(C)c(NC(=O)CN[C@@H](c3ccc4c(c3)OCCCO4)C(C)C)c2C)cc1. The standard InChI is InChI=1S/C27H34N4O3/c1-17(2)26(21-9-12-23-24(15-21)34-14-6-13-33-23)28-16-25(32)29-27-19(4)30-31(20(27)5)22-10-7-18(3)8-11-22/h7-12,15,17,26,28H,6,13-14,16H2,1-5H3,(H,29,32)/t26-/m1/s1. The van der Waals surface area contributed by atoms with Crippen LogP contribution in [0.4, 0.5) is 5.69 Å². The molecule has 3 aromatic rings. The van der Waals surface area contributed by atoms with E-state index in [0.29, 0.717) is 13.2 Å². The molecule has 0 radical (unpaired) electrons. The smallest absolute Gasteiger partial charge is 0.238 e. The maximum absolute atomic E-state index is 12.9. The lowest BCUT2D eigenvalue weighted by molar-refractivity contribution is -0.115. The molecule has 7 heteroatoms. The van der Waals surface area contributed by atoms with Gasteiger partial charge in [-0.3, -0.25) is 4.79 Å². The van der Waals surface area contributed by atoms with Crippen molar-refractivity contribution in [1.29, 1.82) is 0 Å². The molecule has 34 heavy (non-hydrogen) atoms. The zero-order valence-corrected chi connectivity index (χ0v) is 20.6. The largest absolute Gasteiger partial charge is 0.490 e. The minimum absolute atomic E-state index is 0.000351. The van der Waals surface area contributed by atoms with E-state index in [9.17, 15) is 4.79 Å². The quantitative estimate of drug-likeness (QED) is 0.523. The van der Waals surface area contributed by atoms with Crippen LogP contribution in [-0.2, 0) is 4.79 Å². The average molecular weight is 463 g/mol. The van der Waals surface area contributed by atoms with Gasteiger partial charge in [0.1, 0.15) is 0 Å². The van der Waals surface area contributed by atoms with Gasteiger partial charge in [-0.25, -0.2) is 4.68 Å². The Kier molecular flexibility index (Phi) is 7.22. The molecule has 0 unspecified atom stereocenters. The lowest BCUT2D eigenvalue weighted by Gasteiger charge is -2.23. The van der Waals surface area contributed by atoms with Crippen molar-refractivity contribution in [3.05, 3.63) is 65.0 Å². The minimum atomic E-state index is -0.102. The van der Waals surface area contributed by atoms with Crippen LogP contribution in [-0.4, -0.2) is 35.4 Å². The van der Waals surface area contributed by atoms with Gasteiger partial charge < -0.3 is 20.1 Å². The van der Waals surface area contributed by atoms with Crippen molar-refractivity contribution in [2.24, 2.45) is 5.92 Å². The molecule has 0 bridgehead atoms. The monoisotopic (exact) mass is 462 g/mol. The number of hydrogen-bond acceptors (Lipinski definition) is 5. The van der Waals surface area contributed by atoms with Gasteiger partial charge in [0.2, 0.25) is 5.91 Å². The zero-order chi connectivity index (χ0) is 24.2. The Hall–Kier alpha value is -3.32. The van der Waals surface area contributed by atoms with E-state index in [1.54, 1.807) is 0 Å². The maximum Gasteiger partial charge on any atom is 0.238 e. The van der Waals surface area contributed by atoms with E-state index in [1.807, 2.05) is 48.9 Å². The first-order chi connectivity index (χ1) is 16.3. The third-order valence-electron chi connectivity index (χ3n) is 6.11. The highest BCUT2D eigenvalue weighted by Crippen LogP contribution is 2.34. The Labute approximate surface area is 201 Å². The van der Waals surface area contributed by atoms with Crippen molar-refractivity contribution >= 4 is 11.6 Å². The number of nitrogens with one attached hydrogen (secondary N) is 2. The number of anilines is 1. The highest BCUT2D eigenvalue weighted by Gasteiger charge is 2.21. The number of amides is 1. The second-order valence-electron chi connectivity index (χ2n) is 9.20. The molecular formula is C27H34N4O3. The molecule has 7 nitrogen and oxygen atoms in total. The number of benzene rings is 2. The molecule has 1 aromatic heterocycles. The van der Waals surface area contributed by atoms with Crippen molar-refractivity contribution in [3.8, 4) is 17.2 Å². The maximum atomic E-state index is 12.9. The van der Waals surface area contributed by atoms with Gasteiger partial charge in [0.25, 0.3) is 0 Å². The summed E-state index contributed by atoms with van der Waals surface area (Å²) in [7, 11) is 0. The van der Waals surface area contributed by atoms with Crippen molar-refractivity contribution in [2.45, 2.75) is 47.1 Å². The zero-order valence-electron chi connectivity index (χ0n) is 20.6. The van der Waals surface area contributed by atoms with E-state index < -0.39 is 0 Å². The number of ether oxygens (including phenoxy) is 2. The van der Waals surface area contributed by atoms with Crippen LogP contribution in [0.1, 0.15) is 48.8 Å². The molecule has 0 saturated carbocycles. The summed E-state index contributed by atoms with van der Waals surface area (Å²) < 4.78 is 13.5. The Bertz CT molecular complexity index is 1150. The number of aryl methyl sites for hydroxylation is 2. The first kappa shape index (κ1) is 23.8. The van der Waals surface area contributed by atoms with Gasteiger partial charge in [0, 0.05) is 12.5 Å². The summed E-state index contributed by atoms with van der Waals surface area (Å²) in [4.78, 5) is 12.9. The number of nitrogens with zero attached hydrogens (tertiary/aromatic N) is 2. The molecule has 4 rings (SSSR count). The van der Waals surface area contributed by atoms with Crippen LogP contribution >= 0.6 is 0 Å². The van der Waals surface area contributed by atoms with Crippen LogP contribution in [0, 0.1) is 26.7 Å². The fourth-order valence-corrected chi connectivity index (χ4v) is 4.26. The molecule has 1 amide bonds. The van der Waals surface area contributed by atoms with Crippen LogP contribution in [0.15, 0.2) is 42.5 Å². The van der Waals surface area contributed by atoms with Gasteiger partial charge in [-0.15, -0.1) is 0 Å². The first-order valence-electron chi connectivity index (χ1n) is 11.9. The number of aromatic nitrogens is 2. The van der Waals surface area contributed by atoms with Gasteiger partial charge in [0.15, 0.2) is 11.5 Å². The molecule has 180 valence electrons. The minimum Gasteiger partial charge on any atom is -0.490 e. The van der Waals surface area contributed by atoms with E-state index in [1.165, 1.54) is 5.56 Å². The summed E-state index contributed by atoms with van der Waals surface area (Å²) in [5.74, 6) is 1.72. The Morgan fingerprint density at radius 3 is 2.44 bits per heavy atom. The molecule has 0 fully saturated rings. The molecule has 2 aromatic carbocycles. The number of carbonyl (C=O) groups is 1. The number of carbonyl (C=O) groups excluding carboxylic acids is 1. The van der Waals surface area contributed by atoms with Gasteiger partial charge in [-0.1, -0.05) is 37.6 Å². The fourth-order valence-electron chi connectivity index (χ4n) is 4.26. The van der Waals surface area contributed by atoms with E-state index in [4.69, 9.17) is 9.47 Å². The van der Waals surface area contributed by atoms with Crippen molar-refractivity contribution in [1.82, 2.24) is 15.1 Å². The summed E-state index contributed by atoms with van der Waals surface area (Å²) in [6.45, 7) is 11.7. The van der Waals surface area contributed by atoms with E-state index >= 15 is 0 Å². The molecule has 0 saturated heterocycles. The van der Waals surface area contributed by atoms with Crippen LogP contribution in [0.3, 0.4) is 0 Å². The summed E-state index contributed by atoms with van der Waals surface area (Å²) in [5, 5.41) is 11.1. The molecule has 1 atom stereocenters.